The lowest BCUT2D eigenvalue weighted by Crippen LogP contribution is -2.15. The first kappa shape index (κ1) is 29.4. The summed E-state index contributed by atoms with van der Waals surface area (Å²) >= 11 is 3.64. The summed E-state index contributed by atoms with van der Waals surface area (Å²) in [5.41, 5.74) is 13.4. The van der Waals surface area contributed by atoms with Crippen LogP contribution in [0.5, 0.6) is 0 Å². The maximum atomic E-state index is 5.13. The summed E-state index contributed by atoms with van der Waals surface area (Å²) in [5, 5.41) is 3.57. The molecule has 0 fully saturated rings. The molecule has 0 saturated heterocycles. The third-order valence-electron chi connectivity index (χ3n) is 10.3. The van der Waals surface area contributed by atoms with E-state index in [4.69, 9.17) is 4.98 Å². The molecule has 0 bridgehead atoms. The minimum absolute atomic E-state index is 0.0479. The Labute approximate surface area is 299 Å². The Morgan fingerprint density at radius 3 is 1.98 bits per heavy atom. The highest BCUT2D eigenvalue weighted by atomic mass is 32.1. The molecule has 2 aromatic heterocycles. The van der Waals surface area contributed by atoms with Crippen molar-refractivity contribution in [1.29, 1.82) is 0 Å². The van der Waals surface area contributed by atoms with Crippen molar-refractivity contribution in [2.75, 3.05) is 4.90 Å². The smallest absolute Gasteiger partial charge is 0.124 e. The largest absolute Gasteiger partial charge is 0.310 e. The summed E-state index contributed by atoms with van der Waals surface area (Å²) in [6, 6.07) is 57.5. The Kier molecular flexibility index (Phi) is 6.61. The molecule has 7 aromatic carbocycles. The Morgan fingerprint density at radius 2 is 1.18 bits per heavy atom. The monoisotopic (exact) mass is 676 g/mol. The first-order valence-corrected chi connectivity index (χ1v) is 18.7. The quantitative estimate of drug-likeness (QED) is 0.180. The van der Waals surface area contributed by atoms with Gasteiger partial charge in [-0.2, -0.15) is 0 Å². The predicted molar refractivity (Wildman–Crippen MR) is 216 cm³/mol. The Bertz CT molecular complexity index is 2720. The fraction of sp³-hybridized carbons (Fsp3) is 0.0652. The van der Waals surface area contributed by atoms with Crippen LogP contribution in [0.4, 0.5) is 17.1 Å². The van der Waals surface area contributed by atoms with Gasteiger partial charge >= 0.3 is 0 Å². The average molecular weight is 677 g/mol. The molecule has 2 heterocycles. The molecule has 50 heavy (non-hydrogen) atoms. The number of aromatic nitrogens is 1. The molecular formula is C46H32N2S2. The van der Waals surface area contributed by atoms with Gasteiger partial charge in [-0.15, -0.1) is 22.7 Å². The van der Waals surface area contributed by atoms with Crippen LogP contribution in [-0.4, -0.2) is 4.98 Å². The Morgan fingerprint density at radius 1 is 0.500 bits per heavy atom. The van der Waals surface area contributed by atoms with Gasteiger partial charge in [-0.05, 0) is 81.9 Å². The second kappa shape index (κ2) is 11.2. The van der Waals surface area contributed by atoms with E-state index >= 15 is 0 Å². The van der Waals surface area contributed by atoms with E-state index in [1.54, 1.807) is 11.3 Å². The molecule has 238 valence electrons. The molecule has 9 aromatic rings. The second-order valence-electron chi connectivity index (χ2n) is 13.6. The molecule has 4 heteroatoms. The first-order chi connectivity index (χ1) is 24.5. The van der Waals surface area contributed by atoms with Gasteiger partial charge in [-0.1, -0.05) is 123 Å². The van der Waals surface area contributed by atoms with Gasteiger partial charge in [0, 0.05) is 42.5 Å². The van der Waals surface area contributed by atoms with Crippen LogP contribution >= 0.6 is 22.7 Å². The molecule has 0 unspecified atom stereocenters. The van der Waals surface area contributed by atoms with E-state index < -0.39 is 0 Å². The highest BCUT2D eigenvalue weighted by Crippen LogP contribution is 2.52. The standard InChI is InChI=1S/C46H32N2S2/c1-46(2)37-17-10-9-16-34(37)35-26-33(24-25-38(35)46)48(32-22-20-30(21-23-32)29-12-5-3-6-13-29)40-18-11-19-41-44(40)36-27-39-43(28-42(36)49-41)50-45(47-39)31-14-7-4-8-15-31/h3-28H,1-2H3. The summed E-state index contributed by atoms with van der Waals surface area (Å²) < 4.78 is 3.78. The number of benzene rings is 7. The van der Waals surface area contributed by atoms with E-state index in [-0.39, 0.29) is 5.41 Å². The van der Waals surface area contributed by atoms with Crippen LogP contribution in [0.1, 0.15) is 25.0 Å². The van der Waals surface area contributed by atoms with Crippen LogP contribution in [0, 0.1) is 0 Å². The topological polar surface area (TPSA) is 16.1 Å². The fourth-order valence-corrected chi connectivity index (χ4v) is 10.0. The second-order valence-corrected chi connectivity index (χ2v) is 15.7. The zero-order chi connectivity index (χ0) is 33.4. The lowest BCUT2D eigenvalue weighted by molar-refractivity contribution is 0.660. The number of hydrogen-bond acceptors (Lipinski definition) is 4. The minimum Gasteiger partial charge on any atom is -0.310 e. The lowest BCUT2D eigenvalue weighted by atomic mass is 9.82. The summed E-state index contributed by atoms with van der Waals surface area (Å²) in [4.78, 5) is 7.59. The van der Waals surface area contributed by atoms with E-state index in [9.17, 15) is 0 Å². The van der Waals surface area contributed by atoms with E-state index in [0.717, 1.165) is 27.5 Å². The van der Waals surface area contributed by atoms with Crippen molar-refractivity contribution in [2.45, 2.75) is 19.3 Å². The molecule has 0 spiro atoms. The van der Waals surface area contributed by atoms with Crippen molar-refractivity contribution in [3.63, 3.8) is 0 Å². The summed E-state index contributed by atoms with van der Waals surface area (Å²) in [6.07, 6.45) is 0. The molecule has 0 N–H and O–H groups in total. The van der Waals surface area contributed by atoms with Crippen LogP contribution in [-0.2, 0) is 5.41 Å². The van der Waals surface area contributed by atoms with Gasteiger partial charge in [-0.3, -0.25) is 0 Å². The van der Waals surface area contributed by atoms with Gasteiger partial charge in [0.1, 0.15) is 5.01 Å². The molecule has 1 aliphatic carbocycles. The molecule has 0 radical (unpaired) electrons. The Balaban J connectivity index is 1.19. The Hall–Kier alpha value is -5.55. The number of hydrogen-bond donors (Lipinski definition) is 0. The van der Waals surface area contributed by atoms with Crippen molar-refractivity contribution in [2.24, 2.45) is 0 Å². The van der Waals surface area contributed by atoms with Gasteiger partial charge in [0.05, 0.1) is 15.9 Å². The average Bonchev–Trinajstić information content (AvgIpc) is 3.82. The van der Waals surface area contributed by atoms with Crippen LogP contribution < -0.4 is 4.90 Å². The van der Waals surface area contributed by atoms with Crippen molar-refractivity contribution in [3.8, 4) is 32.8 Å². The first-order valence-electron chi connectivity index (χ1n) is 17.0. The zero-order valence-electron chi connectivity index (χ0n) is 27.7. The van der Waals surface area contributed by atoms with Crippen LogP contribution in [0.2, 0.25) is 0 Å². The molecule has 0 aliphatic heterocycles. The van der Waals surface area contributed by atoms with Crippen molar-refractivity contribution >= 4 is 70.1 Å². The van der Waals surface area contributed by atoms with Crippen LogP contribution in [0.3, 0.4) is 0 Å². The normalized spacial score (nSPS) is 13.2. The highest BCUT2D eigenvalue weighted by Gasteiger charge is 2.35. The number of anilines is 3. The SMILES string of the molecule is CC1(C)c2ccccc2-c2cc(N(c3ccc(-c4ccccc4)cc3)c3cccc4sc5cc6sc(-c7ccccc7)nc6cc5c34)ccc21. The van der Waals surface area contributed by atoms with Crippen LogP contribution in [0.15, 0.2) is 158 Å². The molecule has 1 aliphatic rings. The number of nitrogens with zero attached hydrogens (tertiary/aromatic N) is 2. The van der Waals surface area contributed by atoms with Crippen LogP contribution in [0.25, 0.3) is 63.2 Å². The zero-order valence-corrected chi connectivity index (χ0v) is 29.4. The molecular weight excluding hydrogens is 645 g/mol. The van der Waals surface area contributed by atoms with Gasteiger partial charge in [0.15, 0.2) is 0 Å². The number of thiazole rings is 1. The maximum Gasteiger partial charge on any atom is 0.124 e. The van der Waals surface area contributed by atoms with Gasteiger partial charge in [0.25, 0.3) is 0 Å². The van der Waals surface area contributed by atoms with E-state index in [0.29, 0.717) is 0 Å². The van der Waals surface area contributed by atoms with E-state index in [2.05, 4.69) is 176 Å². The summed E-state index contributed by atoms with van der Waals surface area (Å²) in [7, 11) is 0. The molecule has 2 nitrogen and oxygen atoms in total. The maximum absolute atomic E-state index is 5.13. The predicted octanol–water partition coefficient (Wildman–Crippen LogP) is 13.8. The molecule has 0 atom stereocenters. The fourth-order valence-electron chi connectivity index (χ4n) is 7.83. The van der Waals surface area contributed by atoms with Gasteiger partial charge in [0.2, 0.25) is 0 Å². The van der Waals surface area contributed by atoms with Gasteiger partial charge in [-0.25, -0.2) is 4.98 Å². The van der Waals surface area contributed by atoms with Crippen molar-refractivity contribution < 1.29 is 0 Å². The van der Waals surface area contributed by atoms with E-state index in [1.165, 1.54) is 63.9 Å². The summed E-state index contributed by atoms with van der Waals surface area (Å²) in [5.74, 6) is 0. The van der Waals surface area contributed by atoms with E-state index in [1.807, 2.05) is 11.3 Å². The number of fused-ring (bicyclic) bond motifs is 7. The molecule has 0 amide bonds. The third kappa shape index (κ3) is 4.56. The number of thiophene rings is 1. The number of rotatable bonds is 5. The van der Waals surface area contributed by atoms with Gasteiger partial charge < -0.3 is 4.90 Å². The minimum atomic E-state index is -0.0479. The molecule has 0 saturated carbocycles. The lowest BCUT2D eigenvalue weighted by Gasteiger charge is -2.28. The summed E-state index contributed by atoms with van der Waals surface area (Å²) in [6.45, 7) is 4.69. The van der Waals surface area contributed by atoms with Crippen molar-refractivity contribution in [3.05, 3.63) is 169 Å². The highest BCUT2D eigenvalue weighted by molar-refractivity contribution is 7.26. The third-order valence-corrected chi connectivity index (χ3v) is 12.5. The molecule has 10 rings (SSSR count). The van der Waals surface area contributed by atoms with Crippen molar-refractivity contribution in [1.82, 2.24) is 4.98 Å².